The van der Waals surface area contributed by atoms with E-state index in [9.17, 15) is 28.6 Å². The van der Waals surface area contributed by atoms with Gasteiger partial charge in [-0.05, 0) is 37.1 Å². The molecule has 0 aliphatic rings. The maximum atomic E-state index is 14.5. The Morgan fingerprint density at radius 3 is 1.27 bits per heavy atom. The van der Waals surface area contributed by atoms with Gasteiger partial charge in [0.2, 0.25) is 0 Å². The topological polar surface area (TPSA) is 120 Å². The summed E-state index contributed by atoms with van der Waals surface area (Å²) in [5.74, 6) is 0. The second-order valence-electron chi connectivity index (χ2n) is 9.60. The van der Waals surface area contributed by atoms with E-state index in [1.807, 2.05) is 13.8 Å². The molecule has 0 amide bonds. The van der Waals surface area contributed by atoms with Gasteiger partial charge >= 0.3 is 0 Å². The fourth-order valence-corrected chi connectivity index (χ4v) is 6.45. The number of hydrogen-bond acceptors (Lipinski definition) is 6. The Morgan fingerprint density at radius 2 is 0.927 bits per heavy atom. The van der Waals surface area contributed by atoms with Gasteiger partial charge in [0.25, 0.3) is 11.4 Å². The van der Waals surface area contributed by atoms with Crippen molar-refractivity contribution < 1.29 is 18.3 Å². The van der Waals surface area contributed by atoms with Crippen molar-refractivity contribution in [3.8, 4) is 0 Å². The van der Waals surface area contributed by atoms with Gasteiger partial charge in [0.1, 0.15) is 10.5 Å². The largest absolute Gasteiger partial charge is 0.276 e. The molecule has 0 radical (unpaired) electrons. The molecule has 9 heteroatoms. The van der Waals surface area contributed by atoms with Crippen molar-refractivity contribution in [1.82, 2.24) is 0 Å². The van der Waals surface area contributed by atoms with Gasteiger partial charge in [-0.25, -0.2) is 8.42 Å². The lowest BCUT2D eigenvalue weighted by Gasteiger charge is -2.22. The molecule has 0 bridgehead atoms. The first-order chi connectivity index (χ1) is 19.6. The van der Waals surface area contributed by atoms with E-state index >= 15 is 0 Å². The van der Waals surface area contributed by atoms with Crippen LogP contribution in [0.1, 0.15) is 43.9 Å². The Kier molecular flexibility index (Phi) is 8.89. The van der Waals surface area contributed by atoms with E-state index in [0.717, 1.165) is 11.1 Å². The van der Waals surface area contributed by atoms with Crippen molar-refractivity contribution in [3.63, 3.8) is 0 Å². The number of benzene rings is 4. The molecule has 0 aliphatic carbocycles. The number of hydrogen-bond donors (Lipinski definition) is 0. The monoisotopic (exact) mass is 568 g/mol. The number of nitro benzene ring substituents is 2. The maximum absolute atomic E-state index is 14.5. The normalized spacial score (nSPS) is 13.3. The summed E-state index contributed by atoms with van der Waals surface area (Å²) in [5.41, 5.74) is 3.12. The summed E-state index contributed by atoms with van der Waals surface area (Å²) in [6.45, 7) is 3.78. The van der Waals surface area contributed by atoms with Gasteiger partial charge in [0.05, 0.1) is 21.0 Å². The van der Waals surface area contributed by atoms with Crippen molar-refractivity contribution in [1.29, 1.82) is 0 Å². The fourth-order valence-electron chi connectivity index (χ4n) is 4.46. The SMILES string of the molecule is Cc1ccc(C(C=Cc2ccccc2[N+](=O)[O-])S(=O)(=O)C(C=Cc2ccccc2[N+](=O)[O-])c2ccc(C)cc2)cc1. The van der Waals surface area contributed by atoms with Crippen molar-refractivity contribution in [3.05, 3.63) is 163 Å². The van der Waals surface area contributed by atoms with E-state index in [-0.39, 0.29) is 22.5 Å². The second-order valence-corrected chi connectivity index (χ2v) is 11.8. The summed E-state index contributed by atoms with van der Waals surface area (Å²) in [5, 5.41) is 20.8. The Hall–Kier alpha value is -4.89. The third kappa shape index (κ3) is 6.82. The van der Waals surface area contributed by atoms with Crippen LogP contribution in [-0.4, -0.2) is 18.3 Å². The summed E-state index contributed by atoms with van der Waals surface area (Å²) in [7, 11) is -4.11. The van der Waals surface area contributed by atoms with Crippen LogP contribution in [0.5, 0.6) is 0 Å². The Morgan fingerprint density at radius 1 is 0.585 bits per heavy atom. The average Bonchev–Trinajstić information content (AvgIpc) is 2.95. The quantitative estimate of drug-likeness (QED) is 0.142. The first kappa shape index (κ1) is 29.1. The van der Waals surface area contributed by atoms with E-state index < -0.39 is 30.2 Å². The third-order valence-corrected chi connectivity index (χ3v) is 8.96. The number of rotatable bonds is 10. The minimum absolute atomic E-state index is 0.143. The van der Waals surface area contributed by atoms with Gasteiger partial charge in [0.15, 0.2) is 9.84 Å². The lowest BCUT2D eigenvalue weighted by Crippen LogP contribution is -2.19. The fraction of sp³-hybridized carbons (Fsp3) is 0.125. The van der Waals surface area contributed by atoms with Crippen LogP contribution in [0.3, 0.4) is 0 Å². The highest BCUT2D eigenvalue weighted by Gasteiger charge is 2.34. The van der Waals surface area contributed by atoms with Crippen molar-refractivity contribution in [2.24, 2.45) is 0 Å². The standard InChI is InChI=1S/C32H28N2O6S/c1-23-11-15-27(16-12-23)31(21-19-25-7-3-5-9-29(25)33(35)36)41(39,40)32(28-17-13-24(2)14-18-28)22-20-26-8-4-6-10-30(26)34(37)38/h3-22,31-32H,1-2H3. The molecular formula is C32H28N2O6S. The molecule has 2 atom stereocenters. The van der Waals surface area contributed by atoms with Crippen LogP contribution in [0.2, 0.25) is 0 Å². The molecule has 0 saturated carbocycles. The van der Waals surface area contributed by atoms with Gasteiger partial charge in [-0.1, -0.05) is 108 Å². The smallest absolute Gasteiger partial charge is 0.258 e. The van der Waals surface area contributed by atoms with Gasteiger partial charge in [-0.15, -0.1) is 0 Å². The Balaban J connectivity index is 1.88. The lowest BCUT2D eigenvalue weighted by molar-refractivity contribution is -0.385. The first-order valence-corrected chi connectivity index (χ1v) is 14.4. The predicted octanol–water partition coefficient (Wildman–Crippen LogP) is 7.74. The van der Waals surface area contributed by atoms with Gasteiger partial charge in [0, 0.05) is 12.1 Å². The molecule has 4 aromatic rings. The molecule has 4 aromatic carbocycles. The summed E-state index contributed by atoms with van der Waals surface area (Å²) in [6.07, 6.45) is 5.83. The average molecular weight is 569 g/mol. The molecule has 2 unspecified atom stereocenters. The van der Waals surface area contributed by atoms with E-state index in [4.69, 9.17) is 0 Å². The predicted molar refractivity (Wildman–Crippen MR) is 161 cm³/mol. The molecule has 0 saturated heterocycles. The molecule has 0 N–H and O–H groups in total. The molecule has 41 heavy (non-hydrogen) atoms. The Labute approximate surface area is 238 Å². The minimum Gasteiger partial charge on any atom is -0.258 e. The molecule has 208 valence electrons. The van der Waals surface area contributed by atoms with Crippen molar-refractivity contribution >= 4 is 33.4 Å². The summed E-state index contributed by atoms with van der Waals surface area (Å²) < 4.78 is 29.0. The highest BCUT2D eigenvalue weighted by atomic mass is 32.2. The highest BCUT2D eigenvalue weighted by Crippen LogP contribution is 2.38. The molecule has 0 heterocycles. The number of sulfone groups is 1. The van der Waals surface area contributed by atoms with Crippen LogP contribution in [0.25, 0.3) is 12.2 Å². The lowest BCUT2D eigenvalue weighted by atomic mass is 10.1. The molecule has 0 spiro atoms. The zero-order chi connectivity index (χ0) is 29.6. The van der Waals surface area contributed by atoms with Crippen LogP contribution in [0.15, 0.2) is 109 Å². The van der Waals surface area contributed by atoms with Crippen molar-refractivity contribution in [2.45, 2.75) is 24.3 Å². The molecule has 0 aromatic heterocycles. The van der Waals surface area contributed by atoms with Crippen LogP contribution in [-0.2, 0) is 9.84 Å². The number of nitro groups is 2. The van der Waals surface area contributed by atoms with Crippen molar-refractivity contribution in [2.75, 3.05) is 0 Å². The summed E-state index contributed by atoms with van der Waals surface area (Å²) in [6, 6.07) is 26.3. The van der Waals surface area contributed by atoms with Crippen LogP contribution in [0.4, 0.5) is 11.4 Å². The molecule has 8 nitrogen and oxygen atoms in total. The number of aryl methyl sites for hydroxylation is 2. The van der Waals surface area contributed by atoms with Crippen LogP contribution < -0.4 is 0 Å². The van der Waals surface area contributed by atoms with E-state index in [2.05, 4.69) is 0 Å². The minimum atomic E-state index is -4.11. The second kappa shape index (κ2) is 12.5. The van der Waals surface area contributed by atoms with Crippen LogP contribution >= 0.6 is 0 Å². The first-order valence-electron chi connectivity index (χ1n) is 12.8. The highest BCUT2D eigenvalue weighted by molar-refractivity contribution is 7.92. The molecule has 0 aliphatic heterocycles. The molecule has 4 rings (SSSR count). The third-order valence-electron chi connectivity index (χ3n) is 6.69. The summed E-state index contributed by atoms with van der Waals surface area (Å²) in [4.78, 5) is 22.1. The number of nitrogens with zero attached hydrogens (tertiary/aromatic N) is 2. The van der Waals surface area contributed by atoms with E-state index in [1.165, 1.54) is 36.4 Å². The Bertz CT molecular complexity index is 1600. The maximum Gasteiger partial charge on any atom is 0.276 e. The molecular weight excluding hydrogens is 540 g/mol. The van der Waals surface area contributed by atoms with Gasteiger partial charge in [-0.3, -0.25) is 20.2 Å². The zero-order valence-electron chi connectivity index (χ0n) is 22.5. The van der Waals surface area contributed by atoms with Gasteiger partial charge in [-0.2, -0.15) is 0 Å². The van der Waals surface area contributed by atoms with E-state index in [0.29, 0.717) is 11.1 Å². The van der Waals surface area contributed by atoms with Gasteiger partial charge < -0.3 is 0 Å². The summed E-state index contributed by atoms with van der Waals surface area (Å²) >= 11 is 0. The number of para-hydroxylation sites is 2. The molecule has 0 fully saturated rings. The zero-order valence-corrected chi connectivity index (χ0v) is 23.3. The van der Waals surface area contributed by atoms with Crippen LogP contribution in [0, 0.1) is 34.1 Å². The van der Waals surface area contributed by atoms with E-state index in [1.54, 1.807) is 84.9 Å².